The number of carbonyl (C=O) groups is 1. The van der Waals surface area contributed by atoms with Gasteiger partial charge in [0.15, 0.2) is 5.69 Å². The third kappa shape index (κ3) is 5.02. The van der Waals surface area contributed by atoms with E-state index in [0.29, 0.717) is 22.3 Å². The van der Waals surface area contributed by atoms with Crippen LogP contribution in [-0.4, -0.2) is 29.8 Å². The van der Waals surface area contributed by atoms with E-state index >= 15 is 0 Å². The van der Waals surface area contributed by atoms with Gasteiger partial charge in [-0.2, -0.15) is 0 Å². The van der Waals surface area contributed by atoms with Crippen LogP contribution in [0.4, 0.5) is 4.39 Å². The molecule has 1 N–H and O–H groups in total. The number of esters is 1. The van der Waals surface area contributed by atoms with Gasteiger partial charge in [0.2, 0.25) is 0 Å². The molecule has 0 bridgehead atoms. The van der Waals surface area contributed by atoms with Crippen molar-refractivity contribution in [2.75, 3.05) is 13.7 Å². The number of hydrogen-bond acceptors (Lipinski definition) is 7. The molecule has 0 fully saturated rings. The lowest BCUT2D eigenvalue weighted by atomic mass is 10.3. The molecule has 3 aromatic rings. The van der Waals surface area contributed by atoms with Crippen molar-refractivity contribution in [2.45, 2.75) is 6.10 Å². The quantitative estimate of drug-likeness (QED) is 0.616. The molecule has 0 aliphatic rings. The topological polar surface area (TPSA) is 77.9 Å². The Bertz CT molecular complexity index is 895. The van der Waals surface area contributed by atoms with E-state index in [1.807, 2.05) is 0 Å². The first-order valence-corrected chi connectivity index (χ1v) is 8.81. The number of aromatic nitrogens is 1. The summed E-state index contributed by atoms with van der Waals surface area (Å²) in [6.45, 7) is -0.0215. The molecule has 1 aromatic heterocycles. The van der Waals surface area contributed by atoms with Crippen LogP contribution in [0, 0.1) is 5.82 Å². The zero-order valence-corrected chi connectivity index (χ0v) is 15.1. The predicted octanol–water partition coefficient (Wildman–Crippen LogP) is 3.97. The van der Waals surface area contributed by atoms with Crippen molar-refractivity contribution in [3.05, 3.63) is 70.4 Å². The Kier molecular flexibility index (Phi) is 6.00. The van der Waals surface area contributed by atoms with E-state index in [2.05, 4.69) is 9.72 Å². The van der Waals surface area contributed by atoms with Crippen LogP contribution in [-0.2, 0) is 4.74 Å². The third-order valence-electron chi connectivity index (χ3n) is 3.48. The molecule has 27 heavy (non-hydrogen) atoms. The van der Waals surface area contributed by atoms with Gasteiger partial charge in [-0.15, -0.1) is 11.3 Å². The van der Waals surface area contributed by atoms with Crippen LogP contribution in [0.1, 0.15) is 21.6 Å². The monoisotopic (exact) mass is 389 g/mol. The normalized spacial score (nSPS) is 11.7. The number of benzene rings is 2. The van der Waals surface area contributed by atoms with Crippen LogP contribution in [0.5, 0.6) is 17.2 Å². The Balaban J connectivity index is 1.54. The maximum atomic E-state index is 12.9. The standard InChI is InChI=1S/C19H16FNO5S/c1-24-19(23)16-11-27-18(21-16)17(22)10-25-13-6-8-15(9-7-13)26-14-4-2-12(20)3-5-14/h2-9,11,17,22H,10H2,1H3. The second-order valence-corrected chi connectivity index (χ2v) is 6.31. The zero-order chi connectivity index (χ0) is 19.2. The number of halogens is 1. The van der Waals surface area contributed by atoms with Crippen LogP contribution < -0.4 is 9.47 Å². The Morgan fingerprint density at radius 3 is 2.33 bits per heavy atom. The van der Waals surface area contributed by atoms with Crippen molar-refractivity contribution in [2.24, 2.45) is 0 Å². The second-order valence-electron chi connectivity index (χ2n) is 5.42. The van der Waals surface area contributed by atoms with E-state index < -0.39 is 12.1 Å². The minimum Gasteiger partial charge on any atom is -0.490 e. The summed E-state index contributed by atoms with van der Waals surface area (Å²) < 4.78 is 28.6. The van der Waals surface area contributed by atoms with Crippen LogP contribution >= 0.6 is 11.3 Å². The van der Waals surface area contributed by atoms with Gasteiger partial charge in [0.25, 0.3) is 0 Å². The first kappa shape index (κ1) is 18.8. The largest absolute Gasteiger partial charge is 0.490 e. The highest BCUT2D eigenvalue weighted by Crippen LogP contribution is 2.25. The fraction of sp³-hybridized carbons (Fsp3) is 0.158. The van der Waals surface area contributed by atoms with Gasteiger partial charge in [0, 0.05) is 5.38 Å². The van der Waals surface area contributed by atoms with E-state index in [-0.39, 0.29) is 18.1 Å². The van der Waals surface area contributed by atoms with Gasteiger partial charge in [-0.3, -0.25) is 0 Å². The molecule has 8 heteroatoms. The predicted molar refractivity (Wildman–Crippen MR) is 96.8 cm³/mol. The van der Waals surface area contributed by atoms with Crippen LogP contribution in [0.3, 0.4) is 0 Å². The van der Waals surface area contributed by atoms with Gasteiger partial charge in [-0.1, -0.05) is 0 Å². The fourth-order valence-electron chi connectivity index (χ4n) is 2.13. The van der Waals surface area contributed by atoms with Gasteiger partial charge in [-0.05, 0) is 48.5 Å². The van der Waals surface area contributed by atoms with Gasteiger partial charge < -0.3 is 19.3 Å². The first-order chi connectivity index (χ1) is 13.0. The SMILES string of the molecule is COC(=O)c1csc(C(O)COc2ccc(Oc3ccc(F)cc3)cc2)n1. The van der Waals surface area contributed by atoms with Gasteiger partial charge in [0.05, 0.1) is 7.11 Å². The number of rotatable bonds is 7. The average molecular weight is 389 g/mol. The number of hydrogen-bond donors (Lipinski definition) is 1. The summed E-state index contributed by atoms with van der Waals surface area (Å²) in [4.78, 5) is 15.4. The van der Waals surface area contributed by atoms with E-state index in [0.717, 1.165) is 11.3 Å². The summed E-state index contributed by atoms with van der Waals surface area (Å²) in [6, 6.07) is 12.5. The summed E-state index contributed by atoms with van der Waals surface area (Å²) in [5.41, 5.74) is 0.152. The molecule has 140 valence electrons. The molecular formula is C19H16FNO5S. The number of ether oxygens (including phenoxy) is 3. The molecule has 3 rings (SSSR count). The van der Waals surface area contributed by atoms with Crippen molar-refractivity contribution >= 4 is 17.3 Å². The lowest BCUT2D eigenvalue weighted by molar-refractivity contribution is 0.0593. The van der Waals surface area contributed by atoms with E-state index in [1.54, 1.807) is 24.3 Å². The number of carbonyl (C=O) groups excluding carboxylic acids is 1. The average Bonchev–Trinajstić information content (AvgIpc) is 3.19. The highest BCUT2D eigenvalue weighted by molar-refractivity contribution is 7.09. The third-order valence-corrected chi connectivity index (χ3v) is 4.43. The molecule has 6 nitrogen and oxygen atoms in total. The van der Waals surface area contributed by atoms with E-state index in [9.17, 15) is 14.3 Å². The summed E-state index contributed by atoms with van der Waals surface area (Å²) in [7, 11) is 1.27. The van der Waals surface area contributed by atoms with Crippen molar-refractivity contribution < 1.29 is 28.5 Å². The van der Waals surface area contributed by atoms with E-state index in [4.69, 9.17) is 9.47 Å². The summed E-state index contributed by atoms with van der Waals surface area (Å²) in [6.07, 6.45) is -0.969. The lowest BCUT2D eigenvalue weighted by Crippen LogP contribution is -2.10. The summed E-state index contributed by atoms with van der Waals surface area (Å²) in [5.74, 6) is 0.735. The van der Waals surface area contributed by atoms with E-state index in [1.165, 1.54) is 36.8 Å². The zero-order valence-electron chi connectivity index (χ0n) is 14.3. The summed E-state index contributed by atoms with van der Waals surface area (Å²) in [5, 5.41) is 12.0. The number of aliphatic hydroxyl groups excluding tert-OH is 1. The number of methoxy groups -OCH3 is 1. The maximum absolute atomic E-state index is 12.9. The molecule has 0 aliphatic heterocycles. The van der Waals surface area contributed by atoms with Gasteiger partial charge in [-0.25, -0.2) is 14.2 Å². The Morgan fingerprint density at radius 2 is 1.70 bits per heavy atom. The molecule has 0 amide bonds. The van der Waals surface area contributed by atoms with Crippen molar-refractivity contribution in [1.82, 2.24) is 4.98 Å². The molecule has 0 saturated carbocycles. The summed E-state index contributed by atoms with van der Waals surface area (Å²) >= 11 is 1.15. The highest BCUT2D eigenvalue weighted by Gasteiger charge is 2.17. The number of nitrogens with zero attached hydrogens (tertiary/aromatic N) is 1. The molecule has 1 atom stereocenters. The minimum atomic E-state index is -0.969. The smallest absolute Gasteiger partial charge is 0.357 e. The van der Waals surface area contributed by atoms with Gasteiger partial charge >= 0.3 is 5.97 Å². The highest BCUT2D eigenvalue weighted by atomic mass is 32.1. The fourth-order valence-corrected chi connectivity index (χ4v) is 2.89. The van der Waals surface area contributed by atoms with Crippen LogP contribution in [0.25, 0.3) is 0 Å². The molecule has 1 unspecified atom stereocenters. The Morgan fingerprint density at radius 1 is 1.11 bits per heavy atom. The number of aliphatic hydroxyl groups is 1. The molecule has 1 heterocycles. The first-order valence-electron chi connectivity index (χ1n) is 7.93. The van der Waals surface area contributed by atoms with Crippen molar-refractivity contribution in [3.8, 4) is 17.2 Å². The minimum absolute atomic E-state index is 0.0215. The van der Waals surface area contributed by atoms with Crippen LogP contribution in [0.2, 0.25) is 0 Å². The van der Waals surface area contributed by atoms with Crippen molar-refractivity contribution in [3.63, 3.8) is 0 Å². The number of thiazole rings is 1. The molecule has 0 aliphatic carbocycles. The molecule has 0 saturated heterocycles. The lowest BCUT2D eigenvalue weighted by Gasteiger charge is -2.11. The Hall–Kier alpha value is -2.97. The van der Waals surface area contributed by atoms with Crippen LogP contribution in [0.15, 0.2) is 53.9 Å². The molecule has 2 aromatic carbocycles. The Labute approximate surface area is 158 Å². The van der Waals surface area contributed by atoms with Gasteiger partial charge in [0.1, 0.15) is 40.8 Å². The molecular weight excluding hydrogens is 373 g/mol. The van der Waals surface area contributed by atoms with Crippen molar-refractivity contribution in [1.29, 1.82) is 0 Å². The second kappa shape index (κ2) is 8.61. The molecule has 0 radical (unpaired) electrons. The molecule has 0 spiro atoms. The maximum Gasteiger partial charge on any atom is 0.357 e.